The maximum absolute atomic E-state index is 13.3. The maximum Gasteiger partial charge on any atom is 0.241 e. The average Bonchev–Trinajstić information content (AvgIpc) is 2.85. The monoisotopic (exact) mass is 395 g/mol. The van der Waals surface area contributed by atoms with Gasteiger partial charge >= 0.3 is 0 Å². The summed E-state index contributed by atoms with van der Waals surface area (Å²) in [5.74, 6) is -0.351. The third-order valence-corrected chi connectivity index (χ3v) is 6.79. The van der Waals surface area contributed by atoms with E-state index in [0.717, 1.165) is 28.1 Å². The van der Waals surface area contributed by atoms with Gasteiger partial charge in [-0.1, -0.05) is 43.3 Å². The third kappa shape index (κ3) is 3.80. The summed E-state index contributed by atoms with van der Waals surface area (Å²) < 4.78 is 0. The SMILES string of the molecule is C[C@@H]1CCN(C(=O)CN2Cc3ccccc3C[C@H]2C(N)=O)c2ccccc2S1. The number of anilines is 1. The van der Waals surface area contributed by atoms with Gasteiger partial charge in [0.05, 0.1) is 18.3 Å². The third-order valence-electron chi connectivity index (χ3n) is 5.56. The summed E-state index contributed by atoms with van der Waals surface area (Å²) in [5.41, 5.74) is 8.95. The molecule has 0 radical (unpaired) electrons. The van der Waals surface area contributed by atoms with E-state index in [4.69, 9.17) is 5.73 Å². The fourth-order valence-electron chi connectivity index (χ4n) is 4.03. The molecule has 2 aliphatic rings. The molecule has 5 nitrogen and oxygen atoms in total. The number of nitrogens with zero attached hydrogens (tertiary/aromatic N) is 2. The number of carbonyl (C=O) groups is 2. The summed E-state index contributed by atoms with van der Waals surface area (Å²) in [6.45, 7) is 3.64. The van der Waals surface area contributed by atoms with E-state index >= 15 is 0 Å². The first-order valence-electron chi connectivity index (χ1n) is 9.69. The predicted octanol–water partition coefficient (Wildman–Crippen LogP) is 2.82. The molecule has 4 rings (SSSR count). The zero-order valence-corrected chi connectivity index (χ0v) is 16.8. The zero-order chi connectivity index (χ0) is 19.7. The zero-order valence-electron chi connectivity index (χ0n) is 16.0. The lowest BCUT2D eigenvalue weighted by Crippen LogP contribution is -2.52. The molecular weight excluding hydrogens is 370 g/mol. The van der Waals surface area contributed by atoms with Gasteiger partial charge < -0.3 is 10.6 Å². The molecular formula is C22H25N3O2S. The van der Waals surface area contributed by atoms with Gasteiger partial charge in [-0.3, -0.25) is 14.5 Å². The number of primary amides is 1. The van der Waals surface area contributed by atoms with Crippen molar-refractivity contribution in [3.63, 3.8) is 0 Å². The van der Waals surface area contributed by atoms with E-state index in [-0.39, 0.29) is 18.4 Å². The molecule has 2 heterocycles. The summed E-state index contributed by atoms with van der Waals surface area (Å²) in [6.07, 6.45) is 1.50. The van der Waals surface area contributed by atoms with Crippen LogP contribution < -0.4 is 10.6 Å². The van der Waals surface area contributed by atoms with Gasteiger partial charge in [-0.05, 0) is 36.1 Å². The minimum Gasteiger partial charge on any atom is -0.368 e. The van der Waals surface area contributed by atoms with Crippen LogP contribution in [0.3, 0.4) is 0 Å². The van der Waals surface area contributed by atoms with Gasteiger partial charge in [0.25, 0.3) is 0 Å². The molecule has 2 aromatic rings. The molecule has 0 saturated heterocycles. The normalized spacial score (nSPS) is 22.1. The molecule has 0 spiro atoms. The number of rotatable bonds is 3. The average molecular weight is 396 g/mol. The smallest absolute Gasteiger partial charge is 0.241 e. The molecule has 146 valence electrons. The van der Waals surface area contributed by atoms with Gasteiger partial charge in [-0.25, -0.2) is 0 Å². The van der Waals surface area contributed by atoms with E-state index in [1.807, 2.05) is 58.0 Å². The maximum atomic E-state index is 13.3. The Bertz CT molecular complexity index is 901. The molecule has 0 aromatic heterocycles. The number of nitrogens with two attached hydrogens (primary N) is 1. The minimum atomic E-state index is -0.450. The number of thioether (sulfide) groups is 1. The fraction of sp³-hybridized carbons (Fsp3) is 0.364. The van der Waals surface area contributed by atoms with Crippen molar-refractivity contribution >= 4 is 29.3 Å². The summed E-state index contributed by atoms with van der Waals surface area (Å²) in [4.78, 5) is 30.3. The van der Waals surface area contributed by atoms with Crippen molar-refractivity contribution in [3.8, 4) is 0 Å². The first-order chi connectivity index (χ1) is 13.5. The molecule has 2 atom stereocenters. The second-order valence-electron chi connectivity index (χ2n) is 7.53. The largest absolute Gasteiger partial charge is 0.368 e. The standard InChI is InChI=1S/C22H25N3O2S/c1-15-10-11-25(18-8-4-5-9-20(18)28-15)21(26)14-24-13-17-7-3-2-6-16(17)12-19(24)22(23)27/h2-9,15,19H,10-14H2,1H3,(H2,23,27)/t15-,19+/m1/s1. The molecule has 2 aliphatic heterocycles. The van der Waals surface area contributed by atoms with Crippen LogP contribution >= 0.6 is 11.8 Å². The Labute approximate surface area is 169 Å². The highest BCUT2D eigenvalue weighted by atomic mass is 32.2. The van der Waals surface area contributed by atoms with Crippen molar-refractivity contribution in [2.75, 3.05) is 18.0 Å². The number of benzene rings is 2. The number of fused-ring (bicyclic) bond motifs is 2. The van der Waals surface area contributed by atoms with E-state index in [2.05, 4.69) is 19.1 Å². The second kappa shape index (κ2) is 7.97. The Kier molecular flexibility index (Phi) is 5.42. The summed E-state index contributed by atoms with van der Waals surface area (Å²) >= 11 is 1.81. The number of para-hydroxylation sites is 1. The first-order valence-corrected chi connectivity index (χ1v) is 10.6. The lowest BCUT2D eigenvalue weighted by molar-refractivity contribution is -0.126. The summed E-state index contributed by atoms with van der Waals surface area (Å²) in [5, 5.41) is 0.458. The van der Waals surface area contributed by atoms with Crippen LogP contribution in [-0.2, 0) is 22.6 Å². The van der Waals surface area contributed by atoms with E-state index in [1.165, 1.54) is 0 Å². The molecule has 6 heteroatoms. The Morgan fingerprint density at radius 3 is 2.61 bits per heavy atom. The lowest BCUT2D eigenvalue weighted by atomic mass is 9.93. The van der Waals surface area contributed by atoms with Gasteiger partial charge in [-0.15, -0.1) is 11.8 Å². The fourth-order valence-corrected chi connectivity index (χ4v) is 5.14. The van der Waals surface area contributed by atoms with E-state index in [1.54, 1.807) is 0 Å². The van der Waals surface area contributed by atoms with Crippen molar-refractivity contribution < 1.29 is 9.59 Å². The van der Waals surface area contributed by atoms with Crippen LogP contribution in [0, 0.1) is 0 Å². The van der Waals surface area contributed by atoms with Gasteiger partial charge in [0.15, 0.2) is 0 Å². The molecule has 0 unspecified atom stereocenters. The molecule has 28 heavy (non-hydrogen) atoms. The van der Waals surface area contributed by atoms with Crippen LogP contribution in [0.25, 0.3) is 0 Å². The molecule has 2 N–H and O–H groups in total. The van der Waals surface area contributed by atoms with E-state index in [9.17, 15) is 9.59 Å². The van der Waals surface area contributed by atoms with Crippen LogP contribution in [0.5, 0.6) is 0 Å². The molecule has 0 saturated carbocycles. The van der Waals surface area contributed by atoms with Gasteiger partial charge in [0, 0.05) is 23.2 Å². The Morgan fingerprint density at radius 1 is 1.11 bits per heavy atom. The van der Waals surface area contributed by atoms with Gasteiger partial charge in [0.1, 0.15) is 0 Å². The summed E-state index contributed by atoms with van der Waals surface area (Å²) in [6, 6.07) is 15.7. The highest BCUT2D eigenvalue weighted by Gasteiger charge is 2.33. The molecule has 0 aliphatic carbocycles. The quantitative estimate of drug-likeness (QED) is 0.868. The van der Waals surface area contributed by atoms with Crippen molar-refractivity contribution in [1.29, 1.82) is 0 Å². The predicted molar refractivity (Wildman–Crippen MR) is 112 cm³/mol. The van der Waals surface area contributed by atoms with E-state index in [0.29, 0.717) is 24.8 Å². The number of hydrogen-bond acceptors (Lipinski definition) is 4. The molecule has 2 aromatic carbocycles. The van der Waals surface area contributed by atoms with Gasteiger partial charge in [0.2, 0.25) is 11.8 Å². The first kappa shape index (κ1) is 19.0. The van der Waals surface area contributed by atoms with Crippen molar-refractivity contribution in [3.05, 3.63) is 59.7 Å². The van der Waals surface area contributed by atoms with Crippen LogP contribution in [0.4, 0.5) is 5.69 Å². The van der Waals surface area contributed by atoms with Crippen LogP contribution in [-0.4, -0.2) is 41.1 Å². The van der Waals surface area contributed by atoms with Crippen LogP contribution in [0.2, 0.25) is 0 Å². The highest BCUT2D eigenvalue weighted by molar-refractivity contribution is 8.00. The van der Waals surface area contributed by atoms with E-state index < -0.39 is 6.04 Å². The lowest BCUT2D eigenvalue weighted by Gasteiger charge is -2.36. The number of amides is 2. The van der Waals surface area contributed by atoms with Crippen molar-refractivity contribution in [2.45, 2.75) is 42.5 Å². The Balaban J connectivity index is 1.58. The minimum absolute atomic E-state index is 0.0211. The van der Waals surface area contributed by atoms with Crippen LogP contribution in [0.15, 0.2) is 53.4 Å². The molecule has 0 bridgehead atoms. The molecule has 2 amide bonds. The van der Waals surface area contributed by atoms with Gasteiger partial charge in [-0.2, -0.15) is 0 Å². The van der Waals surface area contributed by atoms with Crippen LogP contribution in [0.1, 0.15) is 24.5 Å². The molecule has 0 fully saturated rings. The topological polar surface area (TPSA) is 66.6 Å². The highest BCUT2D eigenvalue weighted by Crippen LogP contribution is 2.37. The second-order valence-corrected chi connectivity index (χ2v) is 9.01. The number of hydrogen-bond donors (Lipinski definition) is 1. The van der Waals surface area contributed by atoms with Crippen molar-refractivity contribution in [2.24, 2.45) is 5.73 Å². The Hall–Kier alpha value is -2.31. The Morgan fingerprint density at radius 2 is 1.82 bits per heavy atom. The van der Waals surface area contributed by atoms with Crippen molar-refractivity contribution in [1.82, 2.24) is 4.90 Å². The summed E-state index contributed by atoms with van der Waals surface area (Å²) in [7, 11) is 0. The number of carbonyl (C=O) groups excluding carboxylic acids is 2.